The summed E-state index contributed by atoms with van der Waals surface area (Å²) in [6.45, 7) is 0.320. The number of ether oxygens (including phenoxy) is 1. The number of aromatic nitrogens is 2. The number of rotatable bonds is 6. The molecule has 0 aliphatic rings. The molecule has 3 rings (SSSR count). The van der Waals surface area contributed by atoms with Crippen molar-refractivity contribution in [2.75, 3.05) is 0 Å². The molecule has 0 aliphatic heterocycles. The molecule has 28 heavy (non-hydrogen) atoms. The number of halogens is 4. The summed E-state index contributed by atoms with van der Waals surface area (Å²) >= 11 is 24.6. The second-order valence-corrected chi connectivity index (χ2v) is 7.85. The molecule has 1 unspecified atom stereocenters. The second kappa shape index (κ2) is 9.76. The zero-order chi connectivity index (χ0) is 20.1. The van der Waals surface area contributed by atoms with Crippen LogP contribution in [0.25, 0.3) is 0 Å². The first-order valence-electron chi connectivity index (χ1n) is 7.83. The van der Waals surface area contributed by atoms with Crippen molar-refractivity contribution in [3.8, 4) is 5.75 Å². The van der Waals surface area contributed by atoms with Crippen LogP contribution in [0.1, 0.15) is 11.7 Å². The van der Waals surface area contributed by atoms with Crippen molar-refractivity contribution in [1.82, 2.24) is 9.55 Å². The van der Waals surface area contributed by atoms with E-state index in [1.165, 1.54) is 6.07 Å². The average molecular weight is 478 g/mol. The minimum absolute atomic E-state index is 0.319. The van der Waals surface area contributed by atoms with Crippen molar-refractivity contribution in [3.63, 3.8) is 0 Å². The van der Waals surface area contributed by atoms with Crippen molar-refractivity contribution >= 4 is 63.7 Å². The van der Waals surface area contributed by atoms with E-state index in [0.717, 1.165) is 0 Å². The molecule has 5 nitrogen and oxygen atoms in total. The summed E-state index contributed by atoms with van der Waals surface area (Å²) in [5, 5.41) is 0.931. The zero-order valence-corrected chi connectivity index (χ0v) is 17.9. The van der Waals surface area contributed by atoms with Gasteiger partial charge in [-0.2, -0.15) is 0 Å². The van der Waals surface area contributed by atoms with Crippen LogP contribution in [0.4, 0.5) is 4.79 Å². The molecule has 1 heterocycles. The van der Waals surface area contributed by atoms with E-state index < -0.39 is 11.4 Å². The maximum Gasteiger partial charge on any atom is 0.407 e. The summed E-state index contributed by atoms with van der Waals surface area (Å²) in [7, 11) is 0. The number of imidazole rings is 1. The van der Waals surface area contributed by atoms with E-state index in [9.17, 15) is 4.79 Å². The van der Waals surface area contributed by atoms with Gasteiger partial charge in [0.2, 0.25) is 0 Å². The fourth-order valence-electron chi connectivity index (χ4n) is 2.29. The number of benzene rings is 2. The molecule has 2 aromatic carbocycles. The number of carbonyl (C=O) groups excluding carboxylic acids is 1. The van der Waals surface area contributed by atoms with Crippen molar-refractivity contribution < 1.29 is 13.7 Å². The molecular weight excluding hydrogens is 466 g/mol. The third-order valence-electron chi connectivity index (χ3n) is 3.58. The lowest BCUT2D eigenvalue weighted by molar-refractivity contribution is 0.110. The largest absolute Gasteiger partial charge is 0.445 e. The van der Waals surface area contributed by atoms with E-state index in [2.05, 4.69) is 4.98 Å². The van der Waals surface area contributed by atoms with Gasteiger partial charge in [-0.05, 0) is 24.3 Å². The van der Waals surface area contributed by atoms with E-state index in [1.807, 2.05) is 0 Å². The molecule has 1 atom stereocenters. The highest BCUT2D eigenvalue weighted by atomic mass is 35.5. The second-order valence-electron chi connectivity index (χ2n) is 5.52. The lowest BCUT2D eigenvalue weighted by atomic mass is 10.1. The fraction of sp³-hybridized carbons (Fsp3) is 0.111. The summed E-state index contributed by atoms with van der Waals surface area (Å²) in [6.07, 6.45) is 4.33. The van der Waals surface area contributed by atoms with Gasteiger partial charge in [-0.3, -0.25) is 0 Å². The van der Waals surface area contributed by atoms with Gasteiger partial charge < -0.3 is 13.5 Å². The van der Waals surface area contributed by atoms with Crippen LogP contribution in [0.3, 0.4) is 0 Å². The Labute approximate surface area is 185 Å². The van der Waals surface area contributed by atoms with Crippen LogP contribution in [0, 0.1) is 0 Å². The molecule has 0 aliphatic carbocycles. The van der Waals surface area contributed by atoms with Crippen LogP contribution in [-0.4, -0.2) is 14.9 Å². The highest BCUT2D eigenvalue weighted by Gasteiger charge is 2.22. The number of hydrogen-bond donors (Lipinski definition) is 0. The van der Waals surface area contributed by atoms with Crippen molar-refractivity contribution in [3.05, 3.63) is 80.8 Å². The maximum atomic E-state index is 12.3. The lowest BCUT2D eigenvalue weighted by Gasteiger charge is -2.19. The molecule has 10 heteroatoms. The van der Waals surface area contributed by atoms with Gasteiger partial charge in [0.25, 0.3) is 0 Å². The van der Waals surface area contributed by atoms with Crippen LogP contribution in [0.2, 0.25) is 20.1 Å². The van der Waals surface area contributed by atoms with Gasteiger partial charge in [0.15, 0.2) is 12.0 Å². The first-order valence-corrected chi connectivity index (χ1v) is 10.1. The maximum absolute atomic E-state index is 12.3. The van der Waals surface area contributed by atoms with Gasteiger partial charge in [0.05, 0.1) is 22.9 Å². The first kappa shape index (κ1) is 21.1. The summed E-state index contributed by atoms with van der Waals surface area (Å²) < 4.78 is 12.7. The average Bonchev–Trinajstić information content (AvgIpc) is 3.15. The van der Waals surface area contributed by atoms with Crippen LogP contribution in [0.15, 0.2) is 55.1 Å². The third-order valence-corrected chi connectivity index (χ3v) is 5.39. The van der Waals surface area contributed by atoms with Gasteiger partial charge in [0, 0.05) is 34.1 Å². The smallest absolute Gasteiger partial charge is 0.407 e. The Balaban J connectivity index is 1.71. The Morgan fingerprint density at radius 2 is 1.89 bits per heavy atom. The van der Waals surface area contributed by atoms with Crippen LogP contribution in [-0.2, 0) is 11.3 Å². The number of hydrogen-bond acceptors (Lipinski definition) is 5. The normalized spacial score (nSPS) is 11.9. The SMILES string of the molecule is O=C(OC(Cn1ccnc1)c1ccc(Cl)cc1Cl)SOc1ccc(Cl)c(Cl)c1. The predicted molar refractivity (Wildman–Crippen MR) is 113 cm³/mol. The van der Waals surface area contributed by atoms with Crippen LogP contribution in [0.5, 0.6) is 5.75 Å². The molecule has 146 valence electrons. The molecule has 0 fully saturated rings. The fourth-order valence-corrected chi connectivity index (χ4v) is 3.54. The summed E-state index contributed by atoms with van der Waals surface area (Å²) in [4.78, 5) is 16.3. The van der Waals surface area contributed by atoms with E-state index in [1.54, 1.807) is 53.6 Å². The minimum atomic E-state index is -0.670. The number of nitrogens with zero attached hydrogens (tertiary/aromatic N) is 2. The summed E-state index contributed by atoms with van der Waals surface area (Å²) in [5.74, 6) is 0.368. The molecule has 0 radical (unpaired) electrons. The van der Waals surface area contributed by atoms with E-state index in [4.69, 9.17) is 55.3 Å². The minimum Gasteiger partial charge on any atom is -0.445 e. The predicted octanol–water partition coefficient (Wildman–Crippen LogP) is 7.10. The van der Waals surface area contributed by atoms with Crippen molar-refractivity contribution in [2.24, 2.45) is 0 Å². The molecule has 0 amide bonds. The van der Waals surface area contributed by atoms with Gasteiger partial charge in [0.1, 0.15) is 11.9 Å². The van der Waals surface area contributed by atoms with Gasteiger partial charge >= 0.3 is 5.30 Å². The summed E-state index contributed by atoms with van der Waals surface area (Å²) in [5.41, 5.74) is 0.614. The topological polar surface area (TPSA) is 53.4 Å². The Morgan fingerprint density at radius 3 is 2.57 bits per heavy atom. The van der Waals surface area contributed by atoms with E-state index in [0.29, 0.717) is 50.0 Å². The molecule has 0 bridgehead atoms. The number of carbonyl (C=O) groups is 1. The lowest BCUT2D eigenvalue weighted by Crippen LogP contribution is -2.15. The molecular formula is C18H12Cl4N2O3S. The molecule has 0 saturated heterocycles. The molecule has 3 aromatic rings. The monoisotopic (exact) mass is 476 g/mol. The highest BCUT2D eigenvalue weighted by molar-refractivity contribution is 8.09. The first-order chi connectivity index (χ1) is 13.4. The highest BCUT2D eigenvalue weighted by Crippen LogP contribution is 2.32. The third kappa shape index (κ3) is 5.72. The molecule has 0 saturated carbocycles. The van der Waals surface area contributed by atoms with Crippen molar-refractivity contribution in [1.29, 1.82) is 0 Å². The Hall–Kier alpha value is -1.57. The molecule has 0 N–H and O–H groups in total. The van der Waals surface area contributed by atoms with E-state index in [-0.39, 0.29) is 0 Å². The summed E-state index contributed by atoms with van der Waals surface area (Å²) in [6, 6.07) is 9.64. The quantitative estimate of drug-likeness (QED) is 0.280. The zero-order valence-electron chi connectivity index (χ0n) is 14.0. The Morgan fingerprint density at radius 1 is 1.07 bits per heavy atom. The molecule has 0 spiro atoms. The Bertz CT molecular complexity index is 969. The standard InChI is InChI=1S/C18H12Cl4N2O3S/c19-11-1-3-13(15(21)7-11)17(9-24-6-5-23-10-24)26-18(25)28-27-12-2-4-14(20)16(22)8-12/h1-8,10,17H,9H2. The van der Waals surface area contributed by atoms with Gasteiger partial charge in [-0.15, -0.1) is 0 Å². The van der Waals surface area contributed by atoms with Gasteiger partial charge in [-0.25, -0.2) is 9.78 Å². The molecule has 1 aromatic heterocycles. The van der Waals surface area contributed by atoms with Crippen molar-refractivity contribution in [2.45, 2.75) is 12.6 Å². The van der Waals surface area contributed by atoms with Crippen LogP contribution >= 0.6 is 58.4 Å². The van der Waals surface area contributed by atoms with Gasteiger partial charge in [-0.1, -0.05) is 52.5 Å². The van der Waals surface area contributed by atoms with E-state index >= 15 is 0 Å². The van der Waals surface area contributed by atoms with Crippen LogP contribution < -0.4 is 4.18 Å². The Kier molecular flexibility index (Phi) is 7.37.